The number of hydrogen-bond donors (Lipinski definition) is 3. The number of hydrogen-bond acceptors (Lipinski definition) is 3. The van der Waals surface area contributed by atoms with E-state index in [0.717, 1.165) is 0 Å². The third-order valence-corrected chi connectivity index (χ3v) is 4.67. The van der Waals surface area contributed by atoms with E-state index in [-0.39, 0.29) is 17.7 Å². The molecule has 3 N–H and O–H groups in total. The quantitative estimate of drug-likeness (QED) is 0.583. The second kappa shape index (κ2) is 8.92. The van der Waals surface area contributed by atoms with Crippen LogP contribution in [0.1, 0.15) is 31.1 Å². The van der Waals surface area contributed by atoms with Crippen molar-refractivity contribution in [2.45, 2.75) is 0 Å². The normalized spacial score (nSPS) is 12.3. The topological polar surface area (TPSA) is 87.3 Å². The van der Waals surface area contributed by atoms with Crippen molar-refractivity contribution in [1.82, 2.24) is 16.0 Å². The van der Waals surface area contributed by atoms with Crippen molar-refractivity contribution in [3.05, 3.63) is 131 Å². The van der Waals surface area contributed by atoms with Gasteiger partial charge < -0.3 is 16.0 Å². The molecule has 3 amide bonds. The maximum absolute atomic E-state index is 12.7. The highest BCUT2D eigenvalue weighted by Gasteiger charge is 2.26. The first-order valence-electron chi connectivity index (χ1n) is 9.67. The summed E-state index contributed by atoms with van der Waals surface area (Å²) in [5.74, 6) is -0.972. The Labute approximate surface area is 179 Å². The molecule has 0 bridgehead atoms. The Morgan fingerprint density at radius 2 is 0.871 bits per heavy atom. The number of carbonyl (C=O) groups is 3. The van der Waals surface area contributed by atoms with Crippen LogP contribution < -0.4 is 16.0 Å². The van der Waals surface area contributed by atoms with Crippen molar-refractivity contribution in [2.75, 3.05) is 0 Å². The van der Waals surface area contributed by atoms with Gasteiger partial charge in [0.05, 0.1) is 17.1 Å². The fourth-order valence-corrected chi connectivity index (χ4v) is 3.03. The molecule has 0 radical (unpaired) electrons. The Hall–Kier alpha value is -4.45. The standard InChI is InChI=1S/C25H19N3O3/c29-23(17-10-4-1-5-11-17)26-20-16-21(27-24(30)18-12-6-2-7-13-18)22(20)28-25(31)19-14-8-3-9-15-19/h1-16H,(H,26,29)(H,27,30)(H,28,31). The largest absolute Gasteiger partial charge is 0.320 e. The maximum atomic E-state index is 12.7. The van der Waals surface area contributed by atoms with Crippen LogP contribution in [0.2, 0.25) is 0 Å². The minimum absolute atomic E-state index is 0.313. The van der Waals surface area contributed by atoms with Gasteiger partial charge in [-0.2, -0.15) is 0 Å². The van der Waals surface area contributed by atoms with Crippen LogP contribution >= 0.6 is 0 Å². The molecule has 0 saturated heterocycles. The summed E-state index contributed by atoms with van der Waals surface area (Å²) in [6.07, 6.45) is 1.61. The van der Waals surface area contributed by atoms with E-state index in [1.54, 1.807) is 78.9 Å². The number of rotatable bonds is 6. The van der Waals surface area contributed by atoms with Crippen LogP contribution in [0.25, 0.3) is 0 Å². The predicted molar refractivity (Wildman–Crippen MR) is 117 cm³/mol. The highest BCUT2D eigenvalue weighted by molar-refractivity contribution is 6.00. The molecular weight excluding hydrogens is 390 g/mol. The van der Waals surface area contributed by atoms with Gasteiger partial charge in [-0.1, -0.05) is 54.6 Å². The molecule has 6 nitrogen and oxygen atoms in total. The van der Waals surface area contributed by atoms with Crippen molar-refractivity contribution in [3.8, 4) is 0 Å². The highest BCUT2D eigenvalue weighted by Crippen LogP contribution is 2.23. The van der Waals surface area contributed by atoms with Gasteiger partial charge in [0.1, 0.15) is 0 Å². The minimum atomic E-state index is -0.346. The third kappa shape index (κ3) is 4.59. The third-order valence-electron chi connectivity index (χ3n) is 4.67. The molecule has 0 unspecified atom stereocenters. The molecule has 0 fully saturated rings. The van der Waals surface area contributed by atoms with Gasteiger partial charge >= 0.3 is 0 Å². The lowest BCUT2D eigenvalue weighted by Crippen LogP contribution is -2.40. The summed E-state index contributed by atoms with van der Waals surface area (Å²) in [5.41, 5.74) is 2.62. The highest BCUT2D eigenvalue weighted by atomic mass is 16.2. The number of allylic oxidation sites excluding steroid dienone is 1. The Bertz CT molecular complexity index is 1180. The molecule has 31 heavy (non-hydrogen) atoms. The van der Waals surface area contributed by atoms with Gasteiger partial charge in [-0.15, -0.1) is 0 Å². The predicted octanol–water partition coefficient (Wildman–Crippen LogP) is 3.39. The Balaban J connectivity index is 1.54. The smallest absolute Gasteiger partial charge is 0.255 e. The zero-order chi connectivity index (χ0) is 21.6. The molecule has 0 aromatic heterocycles. The Kier molecular flexibility index (Phi) is 5.71. The first-order valence-corrected chi connectivity index (χ1v) is 9.67. The van der Waals surface area contributed by atoms with Crippen LogP contribution in [0.4, 0.5) is 0 Å². The van der Waals surface area contributed by atoms with Crippen molar-refractivity contribution in [2.24, 2.45) is 0 Å². The molecule has 0 heterocycles. The molecule has 4 rings (SSSR count). The maximum Gasteiger partial charge on any atom is 0.255 e. The van der Waals surface area contributed by atoms with E-state index in [9.17, 15) is 14.4 Å². The lowest BCUT2D eigenvalue weighted by molar-refractivity contribution is 0.0941. The second-order valence-electron chi connectivity index (χ2n) is 6.81. The van der Waals surface area contributed by atoms with E-state index in [4.69, 9.17) is 0 Å². The number of benzene rings is 3. The van der Waals surface area contributed by atoms with Gasteiger partial charge in [0, 0.05) is 16.7 Å². The number of nitrogens with one attached hydrogen (secondary N) is 3. The van der Waals surface area contributed by atoms with Crippen LogP contribution in [-0.2, 0) is 0 Å². The van der Waals surface area contributed by atoms with Crippen LogP contribution in [0.5, 0.6) is 0 Å². The Morgan fingerprint density at radius 3 is 1.32 bits per heavy atom. The monoisotopic (exact) mass is 409 g/mol. The molecule has 0 aliphatic heterocycles. The van der Waals surface area contributed by atoms with Gasteiger partial charge in [-0.25, -0.2) is 0 Å². The average Bonchev–Trinajstić information content (AvgIpc) is 2.83. The van der Waals surface area contributed by atoms with Crippen molar-refractivity contribution >= 4 is 17.7 Å². The minimum Gasteiger partial charge on any atom is -0.320 e. The first kappa shape index (κ1) is 19.8. The number of carbonyl (C=O) groups excluding carboxylic acids is 3. The van der Waals surface area contributed by atoms with E-state index in [1.165, 1.54) is 0 Å². The first-order chi connectivity index (χ1) is 15.1. The van der Waals surface area contributed by atoms with E-state index in [0.29, 0.717) is 33.8 Å². The summed E-state index contributed by atoms with van der Waals surface area (Å²) in [5, 5.41) is 8.35. The van der Waals surface area contributed by atoms with Crippen molar-refractivity contribution in [1.29, 1.82) is 0 Å². The lowest BCUT2D eigenvalue weighted by Gasteiger charge is -2.26. The zero-order valence-electron chi connectivity index (χ0n) is 16.5. The molecule has 6 heteroatoms. The van der Waals surface area contributed by atoms with Crippen LogP contribution in [0, 0.1) is 0 Å². The molecular formula is C25H19N3O3. The summed E-state index contributed by atoms with van der Waals surface area (Å²) in [4.78, 5) is 37.7. The van der Waals surface area contributed by atoms with Gasteiger partial charge in [-0.3, -0.25) is 14.4 Å². The fraction of sp³-hybridized carbons (Fsp3) is 0. The summed E-state index contributed by atoms with van der Waals surface area (Å²) >= 11 is 0. The molecule has 0 spiro atoms. The molecule has 3 aromatic rings. The number of amides is 3. The lowest BCUT2D eigenvalue weighted by atomic mass is 10.0. The molecule has 152 valence electrons. The van der Waals surface area contributed by atoms with Gasteiger partial charge in [0.2, 0.25) is 0 Å². The summed E-state index contributed by atoms with van der Waals surface area (Å²) < 4.78 is 0. The van der Waals surface area contributed by atoms with E-state index >= 15 is 0 Å². The van der Waals surface area contributed by atoms with E-state index in [1.807, 2.05) is 18.2 Å². The molecule has 1 aliphatic carbocycles. The Morgan fingerprint density at radius 1 is 0.484 bits per heavy atom. The zero-order valence-corrected chi connectivity index (χ0v) is 16.5. The van der Waals surface area contributed by atoms with Crippen LogP contribution in [0.3, 0.4) is 0 Å². The molecule has 0 saturated carbocycles. The summed E-state index contributed by atoms with van der Waals surface area (Å²) in [7, 11) is 0. The summed E-state index contributed by atoms with van der Waals surface area (Å²) in [6.45, 7) is 0. The molecule has 0 atom stereocenters. The summed E-state index contributed by atoms with van der Waals surface area (Å²) in [6, 6.07) is 26.2. The van der Waals surface area contributed by atoms with Gasteiger partial charge in [-0.05, 0) is 42.5 Å². The van der Waals surface area contributed by atoms with Crippen molar-refractivity contribution in [3.63, 3.8) is 0 Å². The molecule has 3 aromatic carbocycles. The second-order valence-corrected chi connectivity index (χ2v) is 6.81. The molecule has 1 aliphatic rings. The van der Waals surface area contributed by atoms with Gasteiger partial charge in [0.15, 0.2) is 0 Å². The van der Waals surface area contributed by atoms with Gasteiger partial charge in [0.25, 0.3) is 17.7 Å². The van der Waals surface area contributed by atoms with Crippen LogP contribution in [-0.4, -0.2) is 17.7 Å². The van der Waals surface area contributed by atoms with E-state index in [2.05, 4.69) is 16.0 Å². The van der Waals surface area contributed by atoms with Crippen LogP contribution in [0.15, 0.2) is 114 Å². The average molecular weight is 409 g/mol. The fourth-order valence-electron chi connectivity index (χ4n) is 3.03. The van der Waals surface area contributed by atoms with E-state index < -0.39 is 0 Å². The SMILES string of the molecule is O=C(NC1=CC(NC(=O)c2ccccc2)=C1NC(=O)c1ccccc1)c1ccccc1. The van der Waals surface area contributed by atoms with Crippen molar-refractivity contribution < 1.29 is 14.4 Å².